The smallest absolute Gasteiger partial charge is 0.239 e. The number of nitrogens with zero attached hydrogens (tertiary/aromatic N) is 3. The Balaban J connectivity index is 1.60. The lowest BCUT2D eigenvalue weighted by molar-refractivity contribution is -0.119. The minimum Gasteiger partial charge on any atom is -0.395 e. The molecule has 2 fully saturated rings. The number of likely N-dealkylation sites (tertiary alicyclic amines) is 1. The summed E-state index contributed by atoms with van der Waals surface area (Å²) in [5, 5.41) is 17.0. The van der Waals surface area contributed by atoms with Gasteiger partial charge in [0.05, 0.1) is 25.4 Å². The molecule has 3 rings (SSSR count). The van der Waals surface area contributed by atoms with Crippen LogP contribution < -0.4 is 5.32 Å². The number of rotatable bonds is 5. The minimum atomic E-state index is -0.0164. The fraction of sp³-hybridized carbons (Fsp3) is 0.765. The summed E-state index contributed by atoms with van der Waals surface area (Å²) in [7, 11) is 0. The average molecular weight is 320 g/mol. The Morgan fingerprint density at radius 3 is 2.87 bits per heavy atom. The SMILES string of the molecule is CC1CCCN(CC(=O)Nc2ccnn2C2CCCC2)C1CO. The van der Waals surface area contributed by atoms with Gasteiger partial charge in [-0.3, -0.25) is 9.69 Å². The van der Waals surface area contributed by atoms with Crippen molar-refractivity contribution in [3.05, 3.63) is 12.3 Å². The summed E-state index contributed by atoms with van der Waals surface area (Å²) in [6, 6.07) is 2.38. The summed E-state index contributed by atoms with van der Waals surface area (Å²) in [6.07, 6.45) is 8.72. The zero-order chi connectivity index (χ0) is 16.2. The predicted octanol–water partition coefficient (Wildman–Crippen LogP) is 2.03. The Hall–Kier alpha value is -1.40. The molecule has 1 aromatic rings. The minimum absolute atomic E-state index is 0.0164. The molecule has 6 heteroatoms. The summed E-state index contributed by atoms with van der Waals surface area (Å²) >= 11 is 0. The third-order valence-electron chi connectivity index (χ3n) is 5.37. The molecule has 1 amide bonds. The number of hydrogen-bond acceptors (Lipinski definition) is 4. The third kappa shape index (κ3) is 3.75. The molecule has 1 aromatic heterocycles. The van der Waals surface area contributed by atoms with E-state index < -0.39 is 0 Å². The number of aromatic nitrogens is 2. The van der Waals surface area contributed by atoms with E-state index >= 15 is 0 Å². The van der Waals surface area contributed by atoms with E-state index in [1.165, 1.54) is 12.8 Å². The molecule has 0 bridgehead atoms. The first-order valence-corrected chi connectivity index (χ1v) is 8.87. The first-order chi connectivity index (χ1) is 11.2. The molecular formula is C17H28N4O2. The van der Waals surface area contributed by atoms with Crippen LogP contribution in [0.5, 0.6) is 0 Å². The molecule has 23 heavy (non-hydrogen) atoms. The van der Waals surface area contributed by atoms with Crippen LogP contribution >= 0.6 is 0 Å². The van der Waals surface area contributed by atoms with E-state index in [4.69, 9.17) is 0 Å². The van der Waals surface area contributed by atoms with Crippen molar-refractivity contribution in [3.63, 3.8) is 0 Å². The summed E-state index contributed by atoms with van der Waals surface area (Å²) in [4.78, 5) is 14.5. The molecule has 1 saturated carbocycles. The molecule has 1 saturated heterocycles. The van der Waals surface area contributed by atoms with E-state index in [9.17, 15) is 9.90 Å². The van der Waals surface area contributed by atoms with Crippen molar-refractivity contribution in [2.24, 2.45) is 5.92 Å². The first kappa shape index (κ1) is 16.5. The molecule has 2 unspecified atom stereocenters. The highest BCUT2D eigenvalue weighted by Crippen LogP contribution is 2.31. The van der Waals surface area contributed by atoms with Crippen LogP contribution in [0.25, 0.3) is 0 Å². The zero-order valence-electron chi connectivity index (χ0n) is 13.9. The normalized spacial score (nSPS) is 26.5. The maximum Gasteiger partial charge on any atom is 0.239 e. The molecule has 2 atom stereocenters. The van der Waals surface area contributed by atoms with Gasteiger partial charge in [-0.1, -0.05) is 19.8 Å². The predicted molar refractivity (Wildman–Crippen MR) is 89.2 cm³/mol. The van der Waals surface area contributed by atoms with Gasteiger partial charge in [-0.05, 0) is 38.1 Å². The number of nitrogens with one attached hydrogen (secondary N) is 1. The second-order valence-corrected chi connectivity index (χ2v) is 6.99. The Labute approximate surface area is 137 Å². The Kier molecular flexibility index (Phi) is 5.33. The number of anilines is 1. The van der Waals surface area contributed by atoms with E-state index in [0.717, 1.165) is 38.0 Å². The lowest BCUT2D eigenvalue weighted by Crippen LogP contribution is -2.49. The van der Waals surface area contributed by atoms with Crippen molar-refractivity contribution in [1.82, 2.24) is 14.7 Å². The zero-order valence-corrected chi connectivity index (χ0v) is 13.9. The van der Waals surface area contributed by atoms with Crippen molar-refractivity contribution >= 4 is 11.7 Å². The van der Waals surface area contributed by atoms with Gasteiger partial charge < -0.3 is 10.4 Å². The van der Waals surface area contributed by atoms with Crippen LogP contribution in [0, 0.1) is 5.92 Å². The van der Waals surface area contributed by atoms with E-state index in [1.54, 1.807) is 6.20 Å². The highest BCUT2D eigenvalue weighted by molar-refractivity contribution is 5.91. The molecule has 0 radical (unpaired) electrons. The van der Waals surface area contributed by atoms with Crippen molar-refractivity contribution in [3.8, 4) is 0 Å². The van der Waals surface area contributed by atoms with Crippen molar-refractivity contribution in [1.29, 1.82) is 0 Å². The Bertz CT molecular complexity index is 524. The number of hydrogen-bond donors (Lipinski definition) is 2. The third-order valence-corrected chi connectivity index (χ3v) is 5.37. The summed E-state index contributed by atoms with van der Waals surface area (Å²) in [5.41, 5.74) is 0. The molecule has 2 heterocycles. The second-order valence-electron chi connectivity index (χ2n) is 6.99. The van der Waals surface area contributed by atoms with Crippen molar-refractivity contribution in [2.45, 2.75) is 57.5 Å². The van der Waals surface area contributed by atoms with Crippen LogP contribution in [0.2, 0.25) is 0 Å². The highest BCUT2D eigenvalue weighted by Gasteiger charge is 2.29. The topological polar surface area (TPSA) is 70.4 Å². The molecule has 128 valence electrons. The Morgan fingerprint density at radius 2 is 2.13 bits per heavy atom. The van der Waals surface area contributed by atoms with Crippen LogP contribution in [-0.4, -0.2) is 51.4 Å². The van der Waals surface area contributed by atoms with Gasteiger partial charge in [0.25, 0.3) is 0 Å². The van der Waals surface area contributed by atoms with Gasteiger partial charge in [-0.2, -0.15) is 5.10 Å². The van der Waals surface area contributed by atoms with Gasteiger partial charge in [0.1, 0.15) is 5.82 Å². The van der Waals surface area contributed by atoms with Crippen LogP contribution in [0.15, 0.2) is 12.3 Å². The number of carbonyl (C=O) groups excluding carboxylic acids is 1. The maximum absolute atomic E-state index is 12.4. The molecular weight excluding hydrogens is 292 g/mol. The number of piperidine rings is 1. The van der Waals surface area contributed by atoms with Crippen LogP contribution in [0.3, 0.4) is 0 Å². The van der Waals surface area contributed by atoms with Gasteiger partial charge in [0.2, 0.25) is 5.91 Å². The monoisotopic (exact) mass is 320 g/mol. The molecule has 6 nitrogen and oxygen atoms in total. The van der Waals surface area contributed by atoms with Gasteiger partial charge >= 0.3 is 0 Å². The summed E-state index contributed by atoms with van der Waals surface area (Å²) in [6.45, 7) is 3.49. The quantitative estimate of drug-likeness (QED) is 0.871. The van der Waals surface area contributed by atoms with E-state index in [0.29, 0.717) is 18.5 Å². The molecule has 1 aliphatic heterocycles. The lowest BCUT2D eigenvalue weighted by Gasteiger charge is -2.38. The number of aliphatic hydroxyl groups excluding tert-OH is 1. The Morgan fingerprint density at radius 1 is 1.35 bits per heavy atom. The van der Waals surface area contributed by atoms with Crippen molar-refractivity contribution < 1.29 is 9.90 Å². The van der Waals surface area contributed by atoms with Gasteiger partial charge in [-0.25, -0.2) is 4.68 Å². The molecule has 1 aliphatic carbocycles. The highest BCUT2D eigenvalue weighted by atomic mass is 16.3. The van der Waals surface area contributed by atoms with Gasteiger partial charge in [0.15, 0.2) is 0 Å². The maximum atomic E-state index is 12.4. The fourth-order valence-electron chi connectivity index (χ4n) is 4.05. The van der Waals surface area contributed by atoms with E-state index in [2.05, 4.69) is 22.2 Å². The number of aliphatic hydroxyl groups is 1. The summed E-state index contributed by atoms with van der Waals surface area (Å²) < 4.78 is 1.97. The fourth-order valence-corrected chi connectivity index (χ4v) is 4.05. The van der Waals surface area contributed by atoms with E-state index in [1.807, 2.05) is 10.7 Å². The molecule has 2 N–H and O–H groups in total. The van der Waals surface area contributed by atoms with Gasteiger partial charge in [0, 0.05) is 12.1 Å². The number of carbonyl (C=O) groups is 1. The molecule has 2 aliphatic rings. The van der Waals surface area contributed by atoms with Crippen LogP contribution in [-0.2, 0) is 4.79 Å². The standard InChI is InChI=1S/C17H28N4O2/c1-13-5-4-10-20(15(13)12-22)11-17(23)19-16-8-9-18-21(16)14-6-2-3-7-14/h8-9,13-15,22H,2-7,10-12H2,1H3,(H,19,23). The number of amides is 1. The van der Waals surface area contributed by atoms with Crippen LogP contribution in [0.4, 0.5) is 5.82 Å². The van der Waals surface area contributed by atoms with Gasteiger partial charge in [-0.15, -0.1) is 0 Å². The van der Waals surface area contributed by atoms with E-state index in [-0.39, 0.29) is 18.6 Å². The summed E-state index contributed by atoms with van der Waals surface area (Å²) in [5.74, 6) is 1.22. The average Bonchev–Trinajstić information content (AvgIpc) is 3.18. The second kappa shape index (κ2) is 7.45. The molecule has 0 aromatic carbocycles. The largest absolute Gasteiger partial charge is 0.395 e. The molecule has 0 spiro atoms. The van der Waals surface area contributed by atoms with Crippen LogP contribution in [0.1, 0.15) is 51.5 Å². The first-order valence-electron chi connectivity index (χ1n) is 8.87. The lowest BCUT2D eigenvalue weighted by atomic mass is 9.91. The van der Waals surface area contributed by atoms with Crippen molar-refractivity contribution in [2.75, 3.05) is 25.0 Å².